The molecule has 480 valence electrons. The van der Waals surface area contributed by atoms with Gasteiger partial charge < -0.3 is 33.8 Å². The second-order valence-corrected chi connectivity index (χ2v) is 26.8. The van der Waals surface area contributed by atoms with Crippen LogP contribution in [-0.4, -0.2) is 96.7 Å². The average molecular weight is 1200 g/mol. The smallest absolute Gasteiger partial charge is 0.462 e. The zero-order chi connectivity index (χ0) is 60.3. The summed E-state index contributed by atoms with van der Waals surface area (Å²) < 4.78 is 67.8. The number of carbonyl (C=O) groups is 4. The Morgan fingerprint density at radius 3 is 0.840 bits per heavy atom. The summed E-state index contributed by atoms with van der Waals surface area (Å²) in [6, 6.07) is 0. The second-order valence-electron chi connectivity index (χ2n) is 23.9. The number of rotatable bonds is 60. The monoisotopic (exact) mass is 1200 g/mol. The number of unbranched alkanes of at least 4 members (excludes halogenated alkanes) is 28. The molecule has 0 aromatic heterocycles. The molecule has 2 unspecified atom stereocenters. The van der Waals surface area contributed by atoms with E-state index >= 15 is 0 Å². The number of aliphatic hydroxyl groups excluding tert-OH is 1. The van der Waals surface area contributed by atoms with Gasteiger partial charge >= 0.3 is 39.5 Å². The van der Waals surface area contributed by atoms with E-state index in [2.05, 4.69) is 48.5 Å². The van der Waals surface area contributed by atoms with Gasteiger partial charge in [0.1, 0.15) is 19.3 Å². The third-order valence-electron chi connectivity index (χ3n) is 14.1. The number of ether oxygens (including phenoxy) is 4. The molecule has 0 bridgehead atoms. The fourth-order valence-electron chi connectivity index (χ4n) is 9.13. The van der Waals surface area contributed by atoms with Gasteiger partial charge in [0.2, 0.25) is 0 Å². The van der Waals surface area contributed by atoms with Gasteiger partial charge in [0.15, 0.2) is 12.2 Å². The molecular weight excluding hydrogens is 1080 g/mol. The van der Waals surface area contributed by atoms with Gasteiger partial charge in [-0.05, 0) is 43.4 Å². The largest absolute Gasteiger partial charge is 0.472 e. The summed E-state index contributed by atoms with van der Waals surface area (Å²) in [5.74, 6) is 0.0366. The van der Waals surface area contributed by atoms with Crippen LogP contribution in [0.4, 0.5) is 0 Å². The maximum absolute atomic E-state index is 12.9. The first-order valence-corrected chi connectivity index (χ1v) is 35.3. The summed E-state index contributed by atoms with van der Waals surface area (Å²) in [6.45, 7) is 11.6. The maximum Gasteiger partial charge on any atom is 0.472 e. The molecule has 0 fully saturated rings. The zero-order valence-electron chi connectivity index (χ0n) is 52.2. The van der Waals surface area contributed by atoms with Crippen LogP contribution in [0, 0.1) is 17.8 Å². The molecule has 0 aliphatic rings. The molecule has 0 saturated heterocycles. The average Bonchev–Trinajstić information content (AvgIpc) is 3.41. The number of phosphoric ester groups is 2. The van der Waals surface area contributed by atoms with Crippen LogP contribution >= 0.6 is 15.6 Å². The van der Waals surface area contributed by atoms with Gasteiger partial charge in [-0.25, -0.2) is 9.13 Å². The van der Waals surface area contributed by atoms with Crippen LogP contribution in [-0.2, 0) is 65.4 Å². The van der Waals surface area contributed by atoms with Crippen LogP contribution in [0.5, 0.6) is 0 Å². The summed E-state index contributed by atoms with van der Waals surface area (Å²) >= 11 is 0. The van der Waals surface area contributed by atoms with E-state index in [9.17, 15) is 43.2 Å². The lowest BCUT2D eigenvalue weighted by molar-refractivity contribution is -0.161. The Morgan fingerprint density at radius 2 is 0.568 bits per heavy atom. The Hall–Kier alpha value is -1.94. The van der Waals surface area contributed by atoms with Gasteiger partial charge in [0, 0.05) is 25.7 Å². The third-order valence-corrected chi connectivity index (χ3v) is 16.0. The van der Waals surface area contributed by atoms with E-state index < -0.39 is 97.5 Å². The van der Waals surface area contributed by atoms with Crippen LogP contribution in [0.1, 0.15) is 299 Å². The van der Waals surface area contributed by atoms with Crippen molar-refractivity contribution in [3.63, 3.8) is 0 Å². The molecule has 0 aromatic rings. The molecule has 5 atom stereocenters. The molecule has 0 aromatic carbocycles. The van der Waals surface area contributed by atoms with Crippen molar-refractivity contribution in [1.29, 1.82) is 0 Å². The van der Waals surface area contributed by atoms with Crippen molar-refractivity contribution in [2.75, 3.05) is 39.6 Å². The highest BCUT2D eigenvalue weighted by Crippen LogP contribution is 2.45. The predicted octanol–water partition coefficient (Wildman–Crippen LogP) is 16.7. The highest BCUT2D eigenvalue weighted by molar-refractivity contribution is 7.47. The van der Waals surface area contributed by atoms with Gasteiger partial charge in [-0.1, -0.05) is 248 Å². The summed E-state index contributed by atoms with van der Waals surface area (Å²) in [5, 5.41) is 10.5. The van der Waals surface area contributed by atoms with Crippen LogP contribution < -0.4 is 0 Å². The summed E-state index contributed by atoms with van der Waals surface area (Å²) in [7, 11) is -9.88. The molecule has 0 heterocycles. The third kappa shape index (κ3) is 56.9. The lowest BCUT2D eigenvalue weighted by atomic mass is 10.0. The van der Waals surface area contributed by atoms with Crippen LogP contribution in [0.25, 0.3) is 0 Å². The Labute approximate surface area is 492 Å². The Morgan fingerprint density at radius 1 is 0.333 bits per heavy atom. The quantitative estimate of drug-likeness (QED) is 0.0222. The highest BCUT2D eigenvalue weighted by Gasteiger charge is 2.30. The molecule has 19 heteroatoms. The first kappa shape index (κ1) is 79.1. The minimum Gasteiger partial charge on any atom is -0.462 e. The van der Waals surface area contributed by atoms with Crippen molar-refractivity contribution >= 4 is 39.5 Å². The highest BCUT2D eigenvalue weighted by atomic mass is 31.2. The summed E-state index contributed by atoms with van der Waals surface area (Å²) in [6.07, 6.45) is 33.6. The standard InChI is InChI=1S/C62H120O17P2/c1-8-9-10-11-19-29-36-43-59(64)72-49-57(79-62(67)46-39-32-25-18-16-22-28-35-42-55(6)7)51-76-80(68,69)74-47-56(63)48-75-81(70,71)77-52-58(50-73-60(65)44-37-30-23-17-15-21-27-34-41-54(4)5)78-61(66)45-38-31-24-14-12-13-20-26-33-40-53(2)3/h53-58,63H,8-52H2,1-7H3,(H,68,69)(H,70,71)/t56-,57+,58+/m0/s1. The Kier molecular flexibility index (Phi) is 52.2. The fourth-order valence-corrected chi connectivity index (χ4v) is 10.7. The SMILES string of the molecule is CCCCCCCCCC(=O)OC[C@H](COP(=O)(O)OC[C@H](O)COP(=O)(O)OC[C@@H](COC(=O)CCCCCCCCCCC(C)C)OC(=O)CCCCCCCCCCCC(C)C)OC(=O)CCCCCCCCCCC(C)C. The Bertz CT molecular complexity index is 1610. The molecule has 0 rings (SSSR count). The number of esters is 4. The van der Waals surface area contributed by atoms with E-state index in [1.807, 2.05) is 0 Å². The number of hydrogen-bond acceptors (Lipinski definition) is 15. The molecule has 0 spiro atoms. The number of phosphoric acid groups is 2. The van der Waals surface area contributed by atoms with Crippen LogP contribution in [0.15, 0.2) is 0 Å². The second kappa shape index (κ2) is 53.5. The van der Waals surface area contributed by atoms with Crippen LogP contribution in [0.2, 0.25) is 0 Å². The lowest BCUT2D eigenvalue weighted by Crippen LogP contribution is -2.30. The molecule has 81 heavy (non-hydrogen) atoms. The molecule has 0 amide bonds. The first-order chi connectivity index (χ1) is 38.7. The van der Waals surface area contributed by atoms with Crippen molar-refractivity contribution in [3.05, 3.63) is 0 Å². The van der Waals surface area contributed by atoms with Gasteiger partial charge in [-0.15, -0.1) is 0 Å². The topological polar surface area (TPSA) is 237 Å². The molecule has 0 aliphatic carbocycles. The van der Waals surface area contributed by atoms with Crippen molar-refractivity contribution in [2.45, 2.75) is 317 Å². The van der Waals surface area contributed by atoms with E-state index in [4.69, 9.17) is 37.0 Å². The maximum atomic E-state index is 12.9. The molecule has 0 radical (unpaired) electrons. The summed E-state index contributed by atoms with van der Waals surface area (Å²) in [4.78, 5) is 72.0. The van der Waals surface area contributed by atoms with Crippen molar-refractivity contribution in [1.82, 2.24) is 0 Å². The van der Waals surface area contributed by atoms with E-state index in [0.717, 1.165) is 120 Å². The van der Waals surface area contributed by atoms with Crippen LogP contribution in [0.3, 0.4) is 0 Å². The molecule has 17 nitrogen and oxygen atoms in total. The van der Waals surface area contributed by atoms with Gasteiger partial charge in [-0.3, -0.25) is 37.3 Å². The van der Waals surface area contributed by atoms with Crippen molar-refractivity contribution in [3.8, 4) is 0 Å². The van der Waals surface area contributed by atoms with Gasteiger partial charge in [0.25, 0.3) is 0 Å². The number of carbonyl (C=O) groups excluding carboxylic acids is 4. The first-order valence-electron chi connectivity index (χ1n) is 32.3. The number of hydrogen-bond donors (Lipinski definition) is 3. The summed E-state index contributed by atoms with van der Waals surface area (Å²) in [5.41, 5.74) is 0. The van der Waals surface area contributed by atoms with E-state index in [1.165, 1.54) is 96.3 Å². The Balaban J connectivity index is 5.23. The van der Waals surface area contributed by atoms with E-state index in [0.29, 0.717) is 25.7 Å². The van der Waals surface area contributed by atoms with Gasteiger partial charge in [-0.2, -0.15) is 0 Å². The van der Waals surface area contributed by atoms with Gasteiger partial charge in [0.05, 0.1) is 26.4 Å². The normalized spacial score (nSPS) is 14.4. The lowest BCUT2D eigenvalue weighted by Gasteiger charge is -2.21. The molecule has 0 saturated carbocycles. The van der Waals surface area contributed by atoms with Crippen molar-refractivity contribution in [2.24, 2.45) is 17.8 Å². The zero-order valence-corrected chi connectivity index (χ0v) is 54.0. The molecule has 0 aliphatic heterocycles. The predicted molar refractivity (Wildman–Crippen MR) is 321 cm³/mol. The molecular formula is C62H120O17P2. The minimum absolute atomic E-state index is 0.103. The molecule has 3 N–H and O–H groups in total. The fraction of sp³-hybridized carbons (Fsp3) is 0.935. The number of aliphatic hydroxyl groups is 1. The minimum atomic E-state index is -4.94. The van der Waals surface area contributed by atoms with E-state index in [-0.39, 0.29) is 25.7 Å². The van der Waals surface area contributed by atoms with Crippen molar-refractivity contribution < 1.29 is 80.2 Å². The van der Waals surface area contributed by atoms with E-state index in [1.54, 1.807) is 0 Å².